The molecule has 0 bridgehead atoms. The quantitative estimate of drug-likeness (QED) is 0.797. The molecule has 0 aromatic carbocycles. The van der Waals surface area contributed by atoms with E-state index in [0.29, 0.717) is 12.8 Å². The number of nitrogens with zero attached hydrogens (tertiary/aromatic N) is 1. The summed E-state index contributed by atoms with van der Waals surface area (Å²) in [5, 5.41) is 0. The normalized spacial score (nSPS) is 28.4. The van der Waals surface area contributed by atoms with Crippen molar-refractivity contribution < 1.29 is 9.13 Å². The minimum absolute atomic E-state index is 0.185. The van der Waals surface area contributed by atoms with Gasteiger partial charge in [-0.15, -0.1) is 0 Å². The van der Waals surface area contributed by atoms with Crippen molar-refractivity contribution in [3.05, 3.63) is 24.7 Å². The summed E-state index contributed by atoms with van der Waals surface area (Å²) in [6.45, 7) is 9.65. The Bertz CT molecular complexity index is 258. The van der Waals surface area contributed by atoms with Gasteiger partial charge in [-0.1, -0.05) is 12.7 Å². The van der Waals surface area contributed by atoms with Gasteiger partial charge >= 0.3 is 0 Å². The topological polar surface area (TPSA) is 38.5 Å². The molecule has 0 spiro atoms. The number of halogens is 1. The highest BCUT2D eigenvalue weighted by molar-refractivity contribution is 5.07. The lowest BCUT2D eigenvalue weighted by Gasteiger charge is -2.39. The summed E-state index contributed by atoms with van der Waals surface area (Å²) >= 11 is 0. The molecule has 0 aromatic rings. The Hall–Kier alpha value is -0.870. The molecule has 0 aromatic heterocycles. The molecule has 0 amide bonds. The third-order valence-electron chi connectivity index (χ3n) is 2.73. The maximum Gasteiger partial charge on any atom is 0.0827 e. The minimum Gasteiger partial charge on any atom is -0.372 e. The standard InChI is InChI=1S/C12H21FN2O/c1-9-7-15(8-10(2)16-9)11(3)12(14)5-4-6-13/h4,6,9-10,12H,3,5,7-8,14H2,1-2H3/b6-4+. The number of hydrogen-bond donors (Lipinski definition) is 1. The summed E-state index contributed by atoms with van der Waals surface area (Å²) in [5.41, 5.74) is 6.79. The van der Waals surface area contributed by atoms with Crippen molar-refractivity contribution in [1.29, 1.82) is 0 Å². The van der Waals surface area contributed by atoms with Crippen LogP contribution in [0.25, 0.3) is 0 Å². The molecule has 2 N–H and O–H groups in total. The summed E-state index contributed by atoms with van der Waals surface area (Å²) in [6, 6.07) is -0.218. The molecule has 1 aliphatic heterocycles. The van der Waals surface area contributed by atoms with Gasteiger partial charge < -0.3 is 15.4 Å². The molecule has 4 heteroatoms. The average molecular weight is 228 g/mol. The highest BCUT2D eigenvalue weighted by atomic mass is 19.1. The zero-order valence-corrected chi connectivity index (χ0v) is 10.0. The van der Waals surface area contributed by atoms with Gasteiger partial charge in [0.05, 0.1) is 18.5 Å². The van der Waals surface area contributed by atoms with Crippen LogP contribution >= 0.6 is 0 Å². The molecular weight excluding hydrogens is 207 g/mol. The van der Waals surface area contributed by atoms with Gasteiger partial charge in [-0.2, -0.15) is 0 Å². The van der Waals surface area contributed by atoms with E-state index in [1.165, 1.54) is 6.08 Å². The van der Waals surface area contributed by atoms with Gasteiger partial charge in [0.2, 0.25) is 0 Å². The molecule has 0 aliphatic carbocycles. The van der Waals surface area contributed by atoms with Crippen molar-refractivity contribution in [2.75, 3.05) is 13.1 Å². The Morgan fingerprint density at radius 3 is 2.62 bits per heavy atom. The van der Waals surface area contributed by atoms with Gasteiger partial charge in [-0.3, -0.25) is 0 Å². The van der Waals surface area contributed by atoms with Crippen LogP contribution in [0.1, 0.15) is 20.3 Å². The molecule has 0 saturated carbocycles. The molecule has 1 aliphatic rings. The number of morpholine rings is 1. The second-order valence-electron chi connectivity index (χ2n) is 4.36. The molecular formula is C12H21FN2O. The lowest BCUT2D eigenvalue weighted by molar-refractivity contribution is -0.0590. The van der Waals surface area contributed by atoms with Crippen molar-refractivity contribution in [2.45, 2.75) is 38.5 Å². The summed E-state index contributed by atoms with van der Waals surface area (Å²) in [5.74, 6) is 0. The Balaban J connectivity index is 2.52. The van der Waals surface area contributed by atoms with E-state index >= 15 is 0 Å². The molecule has 1 rings (SSSR count). The molecule has 3 nitrogen and oxygen atoms in total. The van der Waals surface area contributed by atoms with Crippen molar-refractivity contribution in [3.63, 3.8) is 0 Å². The monoisotopic (exact) mass is 228 g/mol. The third kappa shape index (κ3) is 3.61. The van der Waals surface area contributed by atoms with Crippen LogP contribution in [0.15, 0.2) is 24.7 Å². The van der Waals surface area contributed by atoms with Gasteiger partial charge in [0.15, 0.2) is 0 Å². The lowest BCUT2D eigenvalue weighted by Crippen LogP contribution is -2.47. The van der Waals surface area contributed by atoms with Crippen molar-refractivity contribution in [3.8, 4) is 0 Å². The molecule has 1 fully saturated rings. The highest BCUT2D eigenvalue weighted by Crippen LogP contribution is 2.17. The van der Waals surface area contributed by atoms with Crippen LogP contribution in [0.2, 0.25) is 0 Å². The number of hydrogen-bond acceptors (Lipinski definition) is 3. The van der Waals surface area contributed by atoms with Crippen LogP contribution < -0.4 is 5.73 Å². The average Bonchev–Trinajstić information content (AvgIpc) is 2.23. The molecule has 1 heterocycles. The van der Waals surface area contributed by atoms with E-state index in [2.05, 4.69) is 11.5 Å². The Morgan fingerprint density at radius 2 is 2.12 bits per heavy atom. The summed E-state index contributed by atoms with van der Waals surface area (Å²) < 4.78 is 17.5. The number of nitrogens with two attached hydrogens (primary N) is 1. The Morgan fingerprint density at radius 1 is 1.56 bits per heavy atom. The van der Waals surface area contributed by atoms with Crippen LogP contribution in [0.3, 0.4) is 0 Å². The van der Waals surface area contributed by atoms with Crippen molar-refractivity contribution in [2.24, 2.45) is 5.73 Å². The van der Waals surface area contributed by atoms with E-state index in [1.807, 2.05) is 13.8 Å². The zero-order chi connectivity index (χ0) is 12.1. The van der Waals surface area contributed by atoms with Crippen LogP contribution in [-0.4, -0.2) is 36.2 Å². The molecule has 92 valence electrons. The summed E-state index contributed by atoms with van der Waals surface area (Å²) in [7, 11) is 0. The van der Waals surface area contributed by atoms with Crippen molar-refractivity contribution in [1.82, 2.24) is 4.90 Å². The first-order valence-corrected chi connectivity index (χ1v) is 5.64. The third-order valence-corrected chi connectivity index (χ3v) is 2.73. The maximum atomic E-state index is 11.9. The smallest absolute Gasteiger partial charge is 0.0827 e. The first kappa shape index (κ1) is 13.2. The van der Waals surface area contributed by atoms with E-state index in [-0.39, 0.29) is 18.2 Å². The molecule has 0 radical (unpaired) electrons. The minimum atomic E-state index is -0.218. The second kappa shape index (κ2) is 6.01. The van der Waals surface area contributed by atoms with Gasteiger partial charge in [0, 0.05) is 24.8 Å². The summed E-state index contributed by atoms with van der Waals surface area (Å²) in [4.78, 5) is 2.13. The van der Waals surface area contributed by atoms with Crippen LogP contribution in [0.4, 0.5) is 4.39 Å². The highest BCUT2D eigenvalue weighted by Gasteiger charge is 2.24. The molecule has 16 heavy (non-hydrogen) atoms. The molecule has 1 saturated heterocycles. The van der Waals surface area contributed by atoms with Gasteiger partial charge in [-0.25, -0.2) is 4.39 Å². The zero-order valence-electron chi connectivity index (χ0n) is 10.0. The van der Waals surface area contributed by atoms with E-state index in [1.54, 1.807) is 0 Å². The Labute approximate surface area is 96.7 Å². The lowest BCUT2D eigenvalue weighted by atomic mass is 10.1. The van der Waals surface area contributed by atoms with Crippen molar-refractivity contribution >= 4 is 0 Å². The fourth-order valence-electron chi connectivity index (χ4n) is 1.98. The van der Waals surface area contributed by atoms with E-state index in [0.717, 1.165) is 18.8 Å². The van der Waals surface area contributed by atoms with Gasteiger partial charge in [-0.05, 0) is 20.3 Å². The molecule has 3 unspecified atom stereocenters. The number of rotatable bonds is 4. The fourth-order valence-corrected chi connectivity index (χ4v) is 1.98. The Kier molecular flexibility index (Phi) is 4.96. The predicted octanol–water partition coefficient (Wildman–Crippen LogP) is 1.81. The SMILES string of the molecule is C=C(C(N)C/C=C/F)N1CC(C)OC(C)C1. The van der Waals surface area contributed by atoms with E-state index in [4.69, 9.17) is 10.5 Å². The first-order chi connectivity index (χ1) is 7.54. The first-order valence-electron chi connectivity index (χ1n) is 5.64. The fraction of sp³-hybridized carbons (Fsp3) is 0.667. The van der Waals surface area contributed by atoms with E-state index < -0.39 is 0 Å². The predicted molar refractivity (Wildman–Crippen MR) is 63.6 cm³/mol. The number of ether oxygens (including phenoxy) is 1. The van der Waals surface area contributed by atoms with Gasteiger partial charge in [0.25, 0.3) is 0 Å². The second-order valence-corrected chi connectivity index (χ2v) is 4.36. The van der Waals surface area contributed by atoms with Crippen LogP contribution in [-0.2, 0) is 4.74 Å². The van der Waals surface area contributed by atoms with Crippen LogP contribution in [0, 0.1) is 0 Å². The van der Waals surface area contributed by atoms with Crippen LogP contribution in [0.5, 0.6) is 0 Å². The van der Waals surface area contributed by atoms with Gasteiger partial charge in [0.1, 0.15) is 0 Å². The maximum absolute atomic E-state index is 11.9. The summed E-state index contributed by atoms with van der Waals surface area (Å²) in [6.07, 6.45) is 2.80. The largest absolute Gasteiger partial charge is 0.372 e. The molecule has 3 atom stereocenters. The van der Waals surface area contributed by atoms with E-state index in [9.17, 15) is 4.39 Å².